The fourth-order valence-corrected chi connectivity index (χ4v) is 3.76. The average molecular weight is 321 g/mol. The number of sulfone groups is 1. The third kappa shape index (κ3) is 2.55. The number of hydrogen-bond donors (Lipinski definition) is 1. The van der Waals surface area contributed by atoms with Crippen molar-refractivity contribution < 1.29 is 18.3 Å². The van der Waals surface area contributed by atoms with E-state index in [0.29, 0.717) is 15.2 Å². The molecule has 1 N–H and O–H groups in total. The fraction of sp³-hybridized carbons (Fsp3) is 0.143. The minimum atomic E-state index is -3.29. The van der Waals surface area contributed by atoms with Crippen molar-refractivity contribution in [2.24, 2.45) is 0 Å². The number of thiazole rings is 1. The quantitative estimate of drug-likeness (QED) is 0.908. The Morgan fingerprint density at radius 1 is 1.24 bits per heavy atom. The first-order chi connectivity index (χ1) is 9.78. The zero-order valence-electron chi connectivity index (χ0n) is 11.0. The first-order valence-corrected chi connectivity index (χ1v) is 8.75. The van der Waals surface area contributed by atoms with Crippen LogP contribution in [0.3, 0.4) is 0 Å². The second kappa shape index (κ2) is 4.59. The Hall–Kier alpha value is -1.83. The van der Waals surface area contributed by atoms with Gasteiger partial charge in [-0.05, 0) is 42.5 Å². The summed E-state index contributed by atoms with van der Waals surface area (Å²) in [6.45, 7) is 0. The van der Waals surface area contributed by atoms with Crippen molar-refractivity contribution >= 4 is 37.2 Å². The molecule has 0 saturated heterocycles. The monoisotopic (exact) mass is 321 g/mol. The predicted molar refractivity (Wildman–Crippen MR) is 79.9 cm³/mol. The highest BCUT2D eigenvalue weighted by Crippen LogP contribution is 2.34. The van der Waals surface area contributed by atoms with Gasteiger partial charge in [0.1, 0.15) is 5.01 Å². The van der Waals surface area contributed by atoms with Crippen LogP contribution in [-0.4, -0.2) is 30.5 Å². The van der Waals surface area contributed by atoms with E-state index in [2.05, 4.69) is 4.98 Å². The first kappa shape index (κ1) is 14.1. The van der Waals surface area contributed by atoms with Crippen molar-refractivity contribution in [1.82, 2.24) is 4.98 Å². The second-order valence-electron chi connectivity index (χ2n) is 4.82. The molecule has 1 aliphatic rings. The molecule has 0 unspecified atom stereocenters. The molecule has 0 spiro atoms. The zero-order valence-corrected chi connectivity index (χ0v) is 12.6. The molecule has 0 aliphatic heterocycles. The van der Waals surface area contributed by atoms with E-state index >= 15 is 0 Å². The molecule has 5 nitrogen and oxygen atoms in total. The number of ketones is 1. The summed E-state index contributed by atoms with van der Waals surface area (Å²) in [6.07, 6.45) is 6.47. The number of aromatic nitrogens is 1. The smallest absolute Gasteiger partial charge is 0.178 e. The molecule has 1 aromatic heterocycles. The van der Waals surface area contributed by atoms with Gasteiger partial charge in [-0.1, -0.05) is 0 Å². The lowest BCUT2D eigenvalue weighted by atomic mass is 9.98. The molecule has 0 bridgehead atoms. The normalized spacial score (nSPS) is 17.5. The molecule has 0 atom stereocenters. The van der Waals surface area contributed by atoms with E-state index < -0.39 is 15.4 Å². The number of benzene rings is 1. The van der Waals surface area contributed by atoms with Gasteiger partial charge in [-0.15, -0.1) is 11.3 Å². The van der Waals surface area contributed by atoms with Gasteiger partial charge in [-0.3, -0.25) is 4.79 Å². The van der Waals surface area contributed by atoms with Gasteiger partial charge in [0.2, 0.25) is 0 Å². The van der Waals surface area contributed by atoms with Gasteiger partial charge in [0, 0.05) is 6.26 Å². The van der Waals surface area contributed by atoms with E-state index in [1.165, 1.54) is 47.8 Å². The Kier molecular flexibility index (Phi) is 3.09. The molecule has 3 rings (SSSR count). The number of carbonyl (C=O) groups excluding carboxylic acids is 1. The number of aliphatic hydroxyl groups is 1. The lowest BCUT2D eigenvalue weighted by Crippen LogP contribution is -2.22. The molecule has 0 amide bonds. The van der Waals surface area contributed by atoms with Crippen molar-refractivity contribution in [2.45, 2.75) is 10.5 Å². The Morgan fingerprint density at radius 3 is 2.52 bits per heavy atom. The third-order valence-corrected chi connectivity index (χ3v) is 5.40. The van der Waals surface area contributed by atoms with Gasteiger partial charge >= 0.3 is 0 Å². The molecule has 0 fully saturated rings. The van der Waals surface area contributed by atoms with Crippen LogP contribution in [0, 0.1) is 0 Å². The number of fused-ring (bicyclic) bond motifs is 1. The van der Waals surface area contributed by atoms with Gasteiger partial charge in [0.25, 0.3) is 0 Å². The summed E-state index contributed by atoms with van der Waals surface area (Å²) in [6, 6.07) is 4.63. The van der Waals surface area contributed by atoms with Gasteiger partial charge in [0.15, 0.2) is 21.2 Å². The first-order valence-electron chi connectivity index (χ1n) is 6.04. The van der Waals surface area contributed by atoms with E-state index in [1.54, 1.807) is 6.07 Å². The molecule has 21 heavy (non-hydrogen) atoms. The molecule has 1 heterocycles. The summed E-state index contributed by atoms with van der Waals surface area (Å²) < 4.78 is 23.8. The molecule has 0 radical (unpaired) electrons. The van der Waals surface area contributed by atoms with Crippen LogP contribution in [0.1, 0.15) is 5.01 Å². The van der Waals surface area contributed by atoms with Gasteiger partial charge in [0.05, 0.1) is 15.1 Å². The van der Waals surface area contributed by atoms with E-state index in [1.807, 2.05) is 0 Å². The molecule has 1 aromatic carbocycles. The van der Waals surface area contributed by atoms with E-state index in [-0.39, 0.29) is 10.7 Å². The number of rotatable bonds is 2. The minimum absolute atomic E-state index is 0.194. The number of nitrogens with zero attached hydrogens (tertiary/aromatic N) is 1. The maximum absolute atomic E-state index is 11.6. The molecule has 1 aliphatic carbocycles. The lowest BCUT2D eigenvalue weighted by molar-refractivity contribution is -0.110. The molecule has 108 valence electrons. The maximum atomic E-state index is 11.6. The Balaban J connectivity index is 2.12. The van der Waals surface area contributed by atoms with Gasteiger partial charge < -0.3 is 5.11 Å². The Bertz CT molecular complexity index is 890. The molecule has 7 heteroatoms. The van der Waals surface area contributed by atoms with Crippen LogP contribution in [0.2, 0.25) is 0 Å². The van der Waals surface area contributed by atoms with Crippen LogP contribution in [0.4, 0.5) is 0 Å². The number of hydrogen-bond acceptors (Lipinski definition) is 6. The molecular formula is C14H11NO4S2. The zero-order chi connectivity index (χ0) is 15.3. The van der Waals surface area contributed by atoms with E-state index in [4.69, 9.17) is 0 Å². The minimum Gasteiger partial charge on any atom is -0.375 e. The summed E-state index contributed by atoms with van der Waals surface area (Å²) in [5.41, 5.74) is -0.822. The lowest BCUT2D eigenvalue weighted by Gasteiger charge is -2.19. The van der Waals surface area contributed by atoms with E-state index in [9.17, 15) is 18.3 Å². The van der Waals surface area contributed by atoms with Crippen LogP contribution in [0.15, 0.2) is 47.4 Å². The van der Waals surface area contributed by atoms with Gasteiger partial charge in [-0.25, -0.2) is 13.4 Å². The topological polar surface area (TPSA) is 84.3 Å². The van der Waals surface area contributed by atoms with Crippen LogP contribution in [0.25, 0.3) is 10.2 Å². The van der Waals surface area contributed by atoms with Gasteiger partial charge in [-0.2, -0.15) is 0 Å². The van der Waals surface area contributed by atoms with Crippen molar-refractivity contribution in [3.8, 4) is 0 Å². The SMILES string of the molecule is CS(=O)(=O)c1ccc2nc(C3(O)C=CC(=O)C=C3)sc2c1. The van der Waals surface area contributed by atoms with Crippen molar-refractivity contribution in [3.05, 3.63) is 47.5 Å². The van der Waals surface area contributed by atoms with Crippen LogP contribution < -0.4 is 0 Å². The molecule has 0 saturated carbocycles. The van der Waals surface area contributed by atoms with Crippen molar-refractivity contribution in [2.75, 3.05) is 6.26 Å². The summed E-state index contributed by atoms with van der Waals surface area (Å²) >= 11 is 1.19. The average Bonchev–Trinajstić information content (AvgIpc) is 2.85. The second-order valence-corrected chi connectivity index (χ2v) is 7.86. The largest absolute Gasteiger partial charge is 0.375 e. The summed E-state index contributed by atoms with van der Waals surface area (Å²) in [4.78, 5) is 15.7. The van der Waals surface area contributed by atoms with Crippen LogP contribution >= 0.6 is 11.3 Å². The Labute approximate surface area is 125 Å². The van der Waals surface area contributed by atoms with Crippen LogP contribution in [0.5, 0.6) is 0 Å². The standard InChI is InChI=1S/C14H11NO4S2/c1-21(18,19)10-2-3-11-12(8-10)20-13(15-11)14(17)6-4-9(16)5-7-14/h2-8,17H,1H3. The highest BCUT2D eigenvalue weighted by Gasteiger charge is 2.29. The van der Waals surface area contributed by atoms with Crippen molar-refractivity contribution in [1.29, 1.82) is 0 Å². The number of carbonyl (C=O) groups is 1. The summed E-state index contributed by atoms with van der Waals surface area (Å²) in [5.74, 6) is -0.194. The van der Waals surface area contributed by atoms with Crippen molar-refractivity contribution in [3.63, 3.8) is 0 Å². The fourth-order valence-electron chi connectivity index (χ4n) is 1.98. The summed E-state index contributed by atoms with van der Waals surface area (Å²) in [5, 5.41) is 10.9. The molecule has 2 aromatic rings. The van der Waals surface area contributed by atoms with Crippen LogP contribution in [-0.2, 0) is 20.2 Å². The Morgan fingerprint density at radius 2 is 1.90 bits per heavy atom. The summed E-state index contributed by atoms with van der Waals surface area (Å²) in [7, 11) is -3.29. The van der Waals surface area contributed by atoms with E-state index in [0.717, 1.165) is 6.26 Å². The highest BCUT2D eigenvalue weighted by molar-refractivity contribution is 7.90. The highest BCUT2D eigenvalue weighted by atomic mass is 32.2. The predicted octanol–water partition coefficient (Wildman–Crippen LogP) is 1.58. The molecular weight excluding hydrogens is 310 g/mol. The maximum Gasteiger partial charge on any atom is 0.178 e. The third-order valence-electron chi connectivity index (χ3n) is 3.13. The number of allylic oxidation sites excluding steroid dienone is 2.